The van der Waals surface area contributed by atoms with Crippen LogP contribution in [0.4, 0.5) is 4.39 Å². The number of β-lactam (4-membered cyclic amide) rings is 1. The topological polar surface area (TPSA) is 57.2 Å². The van der Waals surface area contributed by atoms with Gasteiger partial charge >= 0.3 is 0 Å². The van der Waals surface area contributed by atoms with Crippen LogP contribution in [0.3, 0.4) is 0 Å². The van der Waals surface area contributed by atoms with Gasteiger partial charge in [-0.3, -0.25) is 4.79 Å². The smallest absolute Gasteiger partial charge is 0.266 e. The Balaban J connectivity index is 1.38. The summed E-state index contributed by atoms with van der Waals surface area (Å²) in [4.78, 5) is 14.8. The van der Waals surface area contributed by atoms with Crippen LogP contribution in [0, 0.1) is 5.82 Å². The Morgan fingerprint density at radius 3 is 2.44 bits per heavy atom. The molecule has 7 heteroatoms. The summed E-state index contributed by atoms with van der Waals surface area (Å²) in [7, 11) is 1.60. The highest BCUT2D eigenvalue weighted by atomic mass is 19.1. The molecule has 0 aliphatic carbocycles. The van der Waals surface area contributed by atoms with Crippen molar-refractivity contribution in [1.82, 2.24) is 4.90 Å². The highest BCUT2D eigenvalue weighted by molar-refractivity contribution is 5.89. The van der Waals surface area contributed by atoms with Crippen LogP contribution in [-0.4, -0.2) is 37.4 Å². The predicted molar refractivity (Wildman–Crippen MR) is 115 cm³/mol. The third-order valence-electron chi connectivity index (χ3n) is 5.76. The number of carbonyl (C=O) groups is 1. The molecule has 3 aromatic carbocycles. The molecular formula is C25H22FNO5. The van der Waals surface area contributed by atoms with Crippen molar-refractivity contribution in [3.8, 4) is 23.0 Å². The van der Waals surface area contributed by atoms with Crippen molar-refractivity contribution in [2.45, 2.75) is 18.6 Å². The number of methoxy groups -OCH3 is 1. The molecule has 6 nitrogen and oxygen atoms in total. The number of amides is 1. The molecule has 2 aliphatic heterocycles. The van der Waals surface area contributed by atoms with E-state index in [1.807, 2.05) is 18.2 Å². The minimum absolute atomic E-state index is 0.0920. The SMILES string of the molecule is COc1ccc(O[C@H]2C(=O)N(CCc3ccc(F)cc3)[C@@H]2c2ccc3c(c2)OCO3)cc1. The van der Waals surface area contributed by atoms with Crippen molar-refractivity contribution in [2.24, 2.45) is 0 Å². The lowest BCUT2D eigenvalue weighted by molar-refractivity contribution is -0.164. The van der Waals surface area contributed by atoms with E-state index in [1.54, 1.807) is 48.4 Å². The number of carbonyl (C=O) groups excluding carboxylic acids is 1. The average molecular weight is 435 g/mol. The number of ether oxygens (including phenoxy) is 4. The maximum Gasteiger partial charge on any atom is 0.266 e. The fraction of sp³-hybridized carbons (Fsp3) is 0.240. The Morgan fingerprint density at radius 1 is 0.969 bits per heavy atom. The molecule has 32 heavy (non-hydrogen) atoms. The van der Waals surface area contributed by atoms with E-state index in [4.69, 9.17) is 18.9 Å². The van der Waals surface area contributed by atoms with Gasteiger partial charge in [0.2, 0.25) is 12.9 Å². The molecule has 2 aliphatic rings. The normalized spacial score (nSPS) is 18.9. The summed E-state index contributed by atoms with van der Waals surface area (Å²) in [6.07, 6.45) is -0.0421. The molecule has 1 saturated heterocycles. The van der Waals surface area contributed by atoms with Gasteiger partial charge in [-0.2, -0.15) is 0 Å². The largest absolute Gasteiger partial charge is 0.497 e. The van der Waals surface area contributed by atoms with Crippen LogP contribution in [0.1, 0.15) is 17.2 Å². The van der Waals surface area contributed by atoms with E-state index in [2.05, 4.69) is 0 Å². The Bertz CT molecular complexity index is 1120. The number of likely N-dealkylation sites (tertiary alicyclic amines) is 1. The number of hydrogen-bond donors (Lipinski definition) is 0. The molecule has 5 rings (SSSR count). The zero-order valence-electron chi connectivity index (χ0n) is 17.5. The lowest BCUT2D eigenvalue weighted by atomic mass is 9.89. The van der Waals surface area contributed by atoms with Crippen LogP contribution in [0.25, 0.3) is 0 Å². The fourth-order valence-electron chi connectivity index (χ4n) is 4.03. The van der Waals surface area contributed by atoms with Crippen LogP contribution >= 0.6 is 0 Å². The van der Waals surface area contributed by atoms with Gasteiger partial charge in [0.1, 0.15) is 23.4 Å². The highest BCUT2D eigenvalue weighted by Crippen LogP contribution is 2.42. The molecule has 0 bridgehead atoms. The summed E-state index contributed by atoms with van der Waals surface area (Å²) in [5.41, 5.74) is 1.87. The maximum atomic E-state index is 13.2. The number of hydrogen-bond acceptors (Lipinski definition) is 5. The van der Waals surface area contributed by atoms with Gasteiger partial charge in [0, 0.05) is 6.54 Å². The second kappa shape index (κ2) is 8.42. The Hall–Kier alpha value is -3.74. The van der Waals surface area contributed by atoms with Crippen LogP contribution in [0.2, 0.25) is 0 Å². The van der Waals surface area contributed by atoms with Crippen molar-refractivity contribution >= 4 is 5.91 Å². The summed E-state index contributed by atoms with van der Waals surface area (Å²) in [6.45, 7) is 0.675. The summed E-state index contributed by atoms with van der Waals surface area (Å²) in [5, 5.41) is 0. The minimum Gasteiger partial charge on any atom is -0.497 e. The molecule has 0 N–H and O–H groups in total. The van der Waals surface area contributed by atoms with E-state index in [0.29, 0.717) is 36.0 Å². The zero-order valence-corrected chi connectivity index (χ0v) is 17.5. The Kier molecular flexibility index (Phi) is 5.31. The van der Waals surface area contributed by atoms with Crippen LogP contribution < -0.4 is 18.9 Å². The molecule has 1 amide bonds. The summed E-state index contributed by atoms with van der Waals surface area (Å²) in [6, 6.07) is 18.9. The maximum absolute atomic E-state index is 13.2. The summed E-state index contributed by atoms with van der Waals surface area (Å²) < 4.78 is 35.4. The van der Waals surface area contributed by atoms with E-state index in [0.717, 1.165) is 11.1 Å². The van der Waals surface area contributed by atoms with Gasteiger partial charge in [0.25, 0.3) is 5.91 Å². The molecule has 2 atom stereocenters. The third-order valence-corrected chi connectivity index (χ3v) is 5.76. The Morgan fingerprint density at radius 2 is 1.69 bits per heavy atom. The number of rotatable bonds is 7. The molecule has 0 spiro atoms. The van der Waals surface area contributed by atoms with Crippen LogP contribution in [0.15, 0.2) is 66.7 Å². The standard InChI is InChI=1S/C25H22FNO5/c1-29-19-7-9-20(10-8-19)32-24-23(17-4-11-21-22(14-17)31-15-30-21)27(25(24)28)13-12-16-2-5-18(26)6-3-16/h2-11,14,23-24H,12-13,15H2,1H3/t23-,24-/m1/s1. The van der Waals surface area contributed by atoms with Gasteiger partial charge in [-0.25, -0.2) is 4.39 Å². The van der Waals surface area contributed by atoms with Crippen LogP contribution in [-0.2, 0) is 11.2 Å². The van der Waals surface area contributed by atoms with Gasteiger partial charge < -0.3 is 23.8 Å². The minimum atomic E-state index is -0.656. The van der Waals surface area contributed by atoms with Crippen molar-refractivity contribution in [1.29, 1.82) is 0 Å². The van der Waals surface area contributed by atoms with Crippen molar-refractivity contribution in [2.75, 3.05) is 20.4 Å². The van der Waals surface area contributed by atoms with E-state index in [9.17, 15) is 9.18 Å². The molecule has 2 heterocycles. The zero-order chi connectivity index (χ0) is 22.1. The summed E-state index contributed by atoms with van der Waals surface area (Å²) >= 11 is 0. The highest BCUT2D eigenvalue weighted by Gasteiger charge is 2.50. The monoisotopic (exact) mass is 435 g/mol. The van der Waals surface area contributed by atoms with E-state index in [-0.39, 0.29) is 24.6 Å². The summed E-state index contributed by atoms with van der Waals surface area (Å²) in [5.74, 6) is 2.28. The molecular weight excluding hydrogens is 413 g/mol. The van der Waals surface area contributed by atoms with Gasteiger partial charge in [0.05, 0.1) is 7.11 Å². The molecule has 1 fully saturated rings. The second-order valence-electron chi connectivity index (χ2n) is 7.68. The van der Waals surface area contributed by atoms with Crippen molar-refractivity contribution in [3.63, 3.8) is 0 Å². The lowest BCUT2D eigenvalue weighted by Gasteiger charge is -2.47. The Labute approximate surface area is 185 Å². The van der Waals surface area contributed by atoms with Gasteiger partial charge in [-0.15, -0.1) is 0 Å². The van der Waals surface area contributed by atoms with Crippen LogP contribution in [0.5, 0.6) is 23.0 Å². The number of benzene rings is 3. The van der Waals surface area contributed by atoms with Crippen molar-refractivity contribution < 1.29 is 28.1 Å². The molecule has 0 unspecified atom stereocenters. The lowest BCUT2D eigenvalue weighted by Crippen LogP contribution is -2.61. The first-order valence-corrected chi connectivity index (χ1v) is 10.4. The first-order chi connectivity index (χ1) is 15.6. The first-order valence-electron chi connectivity index (χ1n) is 10.4. The van der Waals surface area contributed by atoms with Gasteiger partial charge in [0.15, 0.2) is 11.5 Å². The number of halogens is 1. The van der Waals surface area contributed by atoms with Crippen molar-refractivity contribution in [3.05, 3.63) is 83.7 Å². The predicted octanol–water partition coefficient (Wildman–Crippen LogP) is 4.14. The molecule has 164 valence electrons. The van der Waals surface area contributed by atoms with E-state index in [1.165, 1.54) is 12.1 Å². The second-order valence-corrected chi connectivity index (χ2v) is 7.68. The van der Waals surface area contributed by atoms with E-state index >= 15 is 0 Å². The van der Waals surface area contributed by atoms with Gasteiger partial charge in [-0.05, 0) is 66.1 Å². The molecule has 0 radical (unpaired) electrons. The number of fused-ring (bicyclic) bond motifs is 1. The number of nitrogens with zero attached hydrogens (tertiary/aromatic N) is 1. The molecule has 3 aromatic rings. The van der Waals surface area contributed by atoms with E-state index < -0.39 is 6.10 Å². The van der Waals surface area contributed by atoms with Gasteiger partial charge in [-0.1, -0.05) is 18.2 Å². The molecule has 0 aromatic heterocycles. The third kappa shape index (κ3) is 3.82. The average Bonchev–Trinajstić information content (AvgIpc) is 3.29. The first kappa shape index (κ1) is 20.2. The quantitative estimate of drug-likeness (QED) is 0.522. The molecule has 0 saturated carbocycles. The fourth-order valence-corrected chi connectivity index (χ4v) is 4.03.